The van der Waals surface area contributed by atoms with E-state index in [4.69, 9.17) is 0 Å². The molecule has 0 amide bonds. The maximum atomic E-state index is 2.38. The average Bonchev–Trinajstić information content (AvgIpc) is 1.88. The summed E-state index contributed by atoms with van der Waals surface area (Å²) in [5.74, 6) is 0. The Kier molecular flexibility index (Phi) is 4.78. The summed E-state index contributed by atoms with van der Waals surface area (Å²) >= 11 is 0. The molecule has 0 atom stereocenters. The van der Waals surface area contributed by atoms with Crippen molar-refractivity contribution < 1.29 is 4.70 Å². The second-order valence-electron chi connectivity index (χ2n) is 3.08. The van der Waals surface area contributed by atoms with Crippen molar-refractivity contribution in [3.05, 3.63) is 35.9 Å². The van der Waals surface area contributed by atoms with Crippen LogP contribution >= 0.6 is 0 Å². The van der Waals surface area contributed by atoms with E-state index in [2.05, 4.69) is 43.4 Å². The first-order chi connectivity index (χ1) is 4.79. The van der Waals surface area contributed by atoms with Gasteiger partial charge in [0.15, 0.2) is 0 Å². The summed E-state index contributed by atoms with van der Waals surface area (Å²) in [5, 5.41) is 0. The Hall–Kier alpha value is -0.633. The summed E-state index contributed by atoms with van der Waals surface area (Å²) in [7, 11) is -0.397. The van der Waals surface area contributed by atoms with Crippen LogP contribution < -0.4 is 0 Å². The smallest absolute Gasteiger partial charge is 0.0352 e. The Morgan fingerprint density at radius 1 is 1.09 bits per heavy atom. The summed E-state index contributed by atoms with van der Waals surface area (Å²) in [6.07, 6.45) is 0. The molecule has 0 unspecified atom stereocenters. The van der Waals surface area contributed by atoms with Gasteiger partial charge in [0.2, 0.25) is 0 Å². The van der Waals surface area contributed by atoms with Crippen LogP contribution in [-0.4, -0.2) is 8.80 Å². The standard InChI is InChI=1S/C9H14Si.FH/c1-10(2)8-9-6-4-3-5-7-9;/h3-7,10H,8H2,1-2H3;1H. The molecule has 0 nitrogen and oxygen atoms in total. The van der Waals surface area contributed by atoms with Crippen molar-refractivity contribution in [2.75, 3.05) is 0 Å². The van der Waals surface area contributed by atoms with Gasteiger partial charge in [-0.3, -0.25) is 4.70 Å². The van der Waals surface area contributed by atoms with Crippen LogP contribution in [0.4, 0.5) is 4.70 Å². The molecule has 0 bridgehead atoms. The van der Waals surface area contributed by atoms with Crippen molar-refractivity contribution in [3.63, 3.8) is 0 Å². The zero-order valence-electron chi connectivity index (χ0n) is 7.08. The minimum atomic E-state index is -0.397. The number of hydrogen-bond donors (Lipinski definition) is 0. The predicted octanol–water partition coefficient (Wildman–Crippen LogP) is 2.41. The van der Waals surface area contributed by atoms with Gasteiger partial charge in [0.05, 0.1) is 0 Å². The molecular weight excluding hydrogens is 155 g/mol. The topological polar surface area (TPSA) is 0 Å². The van der Waals surface area contributed by atoms with E-state index in [-0.39, 0.29) is 4.70 Å². The minimum Gasteiger partial charge on any atom is -0.269 e. The molecule has 0 aliphatic rings. The third-order valence-corrected chi connectivity index (χ3v) is 2.77. The maximum Gasteiger partial charge on any atom is 0.0352 e. The van der Waals surface area contributed by atoms with Crippen LogP contribution in [0.5, 0.6) is 0 Å². The van der Waals surface area contributed by atoms with Gasteiger partial charge in [-0.2, -0.15) is 0 Å². The lowest BCUT2D eigenvalue weighted by Gasteiger charge is -2.01. The van der Waals surface area contributed by atoms with Crippen LogP contribution in [0.3, 0.4) is 0 Å². The van der Waals surface area contributed by atoms with Crippen molar-refractivity contribution in [1.29, 1.82) is 0 Å². The van der Waals surface area contributed by atoms with E-state index in [1.807, 2.05) is 0 Å². The molecule has 0 heterocycles. The monoisotopic (exact) mass is 170 g/mol. The molecule has 0 radical (unpaired) electrons. The van der Waals surface area contributed by atoms with E-state index >= 15 is 0 Å². The van der Waals surface area contributed by atoms with Crippen LogP contribution in [0.2, 0.25) is 13.1 Å². The lowest BCUT2D eigenvalue weighted by atomic mass is 10.2. The Balaban J connectivity index is 0.000001000. The molecule has 0 saturated carbocycles. The second kappa shape index (κ2) is 5.08. The molecule has 1 aromatic carbocycles. The van der Waals surface area contributed by atoms with E-state index in [1.165, 1.54) is 11.6 Å². The van der Waals surface area contributed by atoms with Crippen LogP contribution in [0.1, 0.15) is 5.56 Å². The van der Waals surface area contributed by atoms with E-state index in [9.17, 15) is 0 Å². The molecular formula is C9H15FSi. The van der Waals surface area contributed by atoms with Crippen molar-refractivity contribution >= 4 is 8.80 Å². The van der Waals surface area contributed by atoms with Crippen molar-refractivity contribution in [2.45, 2.75) is 19.1 Å². The van der Waals surface area contributed by atoms with Crippen LogP contribution in [0.15, 0.2) is 30.3 Å². The highest BCUT2D eigenvalue weighted by atomic mass is 28.3. The molecule has 0 fully saturated rings. The first-order valence-electron chi connectivity index (χ1n) is 3.83. The van der Waals surface area contributed by atoms with E-state index < -0.39 is 8.80 Å². The largest absolute Gasteiger partial charge is 0.269 e. The Morgan fingerprint density at radius 2 is 1.64 bits per heavy atom. The number of rotatable bonds is 2. The molecule has 62 valence electrons. The van der Waals surface area contributed by atoms with Crippen LogP contribution in [-0.2, 0) is 6.04 Å². The van der Waals surface area contributed by atoms with Crippen LogP contribution in [0, 0.1) is 0 Å². The van der Waals surface area contributed by atoms with Gasteiger partial charge in [-0.15, -0.1) is 0 Å². The van der Waals surface area contributed by atoms with Crippen molar-refractivity contribution in [3.8, 4) is 0 Å². The summed E-state index contributed by atoms with van der Waals surface area (Å²) in [4.78, 5) is 0. The summed E-state index contributed by atoms with van der Waals surface area (Å²) in [6, 6.07) is 12.1. The fourth-order valence-corrected chi connectivity index (χ4v) is 2.30. The lowest BCUT2D eigenvalue weighted by Crippen LogP contribution is -2.04. The molecule has 2 heteroatoms. The number of halogens is 1. The first-order valence-corrected chi connectivity index (χ1v) is 6.95. The Bertz CT molecular complexity index is 184. The van der Waals surface area contributed by atoms with Crippen molar-refractivity contribution in [1.82, 2.24) is 0 Å². The third kappa shape index (κ3) is 3.93. The average molecular weight is 170 g/mol. The fraction of sp³-hybridized carbons (Fsp3) is 0.333. The Labute approximate surface area is 69.2 Å². The molecule has 1 aromatic rings. The molecule has 1 rings (SSSR count). The van der Waals surface area contributed by atoms with Gasteiger partial charge in [0, 0.05) is 8.80 Å². The van der Waals surface area contributed by atoms with Gasteiger partial charge in [-0.05, 0) is 6.04 Å². The van der Waals surface area contributed by atoms with Gasteiger partial charge in [0.1, 0.15) is 0 Å². The zero-order chi connectivity index (χ0) is 7.40. The summed E-state index contributed by atoms with van der Waals surface area (Å²) in [6.45, 7) is 4.76. The highest BCUT2D eigenvalue weighted by Gasteiger charge is 1.95. The maximum absolute atomic E-state index is 2.38. The molecule has 0 saturated heterocycles. The van der Waals surface area contributed by atoms with Gasteiger partial charge in [-0.25, -0.2) is 0 Å². The quantitative estimate of drug-likeness (QED) is 0.598. The molecule has 11 heavy (non-hydrogen) atoms. The fourth-order valence-electron chi connectivity index (χ4n) is 1.09. The SMILES string of the molecule is C[SiH](C)Cc1ccccc1.F. The van der Waals surface area contributed by atoms with E-state index in [1.54, 1.807) is 0 Å². The number of benzene rings is 1. The van der Waals surface area contributed by atoms with E-state index in [0.717, 1.165) is 0 Å². The molecule has 0 aliphatic heterocycles. The molecule has 0 N–H and O–H groups in total. The molecule has 0 aromatic heterocycles. The molecule has 0 spiro atoms. The van der Waals surface area contributed by atoms with Crippen LogP contribution in [0.25, 0.3) is 0 Å². The third-order valence-electron chi connectivity index (χ3n) is 1.49. The second-order valence-corrected chi connectivity index (χ2v) is 6.28. The van der Waals surface area contributed by atoms with Crippen molar-refractivity contribution in [2.24, 2.45) is 0 Å². The molecule has 0 aliphatic carbocycles. The summed E-state index contributed by atoms with van der Waals surface area (Å²) < 4.78 is 0. The normalized spacial score (nSPS) is 9.36. The highest BCUT2D eigenvalue weighted by Crippen LogP contribution is 2.01. The summed E-state index contributed by atoms with van der Waals surface area (Å²) in [5.41, 5.74) is 1.50. The highest BCUT2D eigenvalue weighted by molar-refractivity contribution is 6.55. The predicted molar refractivity (Wildman–Crippen MR) is 51.5 cm³/mol. The van der Waals surface area contributed by atoms with Gasteiger partial charge in [0.25, 0.3) is 0 Å². The van der Waals surface area contributed by atoms with E-state index in [0.29, 0.717) is 0 Å². The zero-order valence-corrected chi connectivity index (χ0v) is 8.23. The minimum absolute atomic E-state index is 0. The van der Waals surface area contributed by atoms with Gasteiger partial charge < -0.3 is 0 Å². The Morgan fingerprint density at radius 3 is 2.09 bits per heavy atom. The lowest BCUT2D eigenvalue weighted by molar-refractivity contribution is 1.11. The first kappa shape index (κ1) is 10.4. The van der Waals surface area contributed by atoms with Gasteiger partial charge in [-0.1, -0.05) is 49.0 Å². The number of hydrogen-bond acceptors (Lipinski definition) is 0. The van der Waals surface area contributed by atoms with Gasteiger partial charge >= 0.3 is 0 Å².